The van der Waals surface area contributed by atoms with Crippen molar-refractivity contribution in [3.05, 3.63) is 53.3 Å². The Morgan fingerprint density at radius 3 is 2.44 bits per heavy atom. The highest BCUT2D eigenvalue weighted by Gasteiger charge is 2.48. The maximum Gasteiger partial charge on any atom is 0.407 e. The van der Waals surface area contributed by atoms with Gasteiger partial charge in [-0.05, 0) is 25.0 Å². The summed E-state index contributed by atoms with van der Waals surface area (Å²) in [5.41, 5.74) is 0.0693. The van der Waals surface area contributed by atoms with Crippen LogP contribution in [-0.4, -0.2) is 104 Å². The number of hydrogen-bond donors (Lipinski definition) is 3. The van der Waals surface area contributed by atoms with Gasteiger partial charge in [-0.15, -0.1) is 5.10 Å². The van der Waals surface area contributed by atoms with Gasteiger partial charge < -0.3 is 34.2 Å². The molecule has 5 atom stereocenters. The first-order chi connectivity index (χ1) is 20.5. The number of hydrogen-bond acceptors (Lipinski definition) is 9. The molecule has 2 aliphatic heterocycles. The number of alkyl halides is 2. The summed E-state index contributed by atoms with van der Waals surface area (Å²) in [5, 5.41) is 41.9. The molecule has 1 aromatic carbocycles. The molecule has 0 unspecified atom stereocenters. The van der Waals surface area contributed by atoms with Crippen LogP contribution >= 0.6 is 0 Å². The van der Waals surface area contributed by atoms with Crippen molar-refractivity contribution in [1.82, 2.24) is 25.1 Å². The highest BCUT2D eigenvalue weighted by atomic mass is 19.3. The van der Waals surface area contributed by atoms with Gasteiger partial charge in [-0.3, -0.25) is 0 Å². The highest BCUT2D eigenvalue weighted by molar-refractivity contribution is 5.65. The van der Waals surface area contributed by atoms with Crippen molar-refractivity contribution in [2.24, 2.45) is 0 Å². The van der Waals surface area contributed by atoms with Crippen LogP contribution in [0.25, 0.3) is 11.3 Å². The van der Waals surface area contributed by atoms with Gasteiger partial charge in [-0.2, -0.15) is 0 Å². The number of aliphatic hydroxyl groups excluding tert-OH is 2. The van der Waals surface area contributed by atoms with Crippen LogP contribution in [0.3, 0.4) is 0 Å². The number of aliphatic hydroxyl groups is 2. The quantitative estimate of drug-likeness (QED) is 0.241. The zero-order chi connectivity index (χ0) is 30.8. The van der Waals surface area contributed by atoms with Crippen LogP contribution in [0, 0.1) is 17.5 Å². The van der Waals surface area contributed by atoms with E-state index in [9.17, 15) is 37.0 Å². The van der Waals surface area contributed by atoms with E-state index in [2.05, 4.69) is 15.5 Å². The van der Waals surface area contributed by atoms with Crippen molar-refractivity contribution in [3.63, 3.8) is 0 Å². The number of ether oxygens (including phenoxy) is 2. The lowest BCUT2D eigenvalue weighted by atomic mass is 9.89. The predicted molar refractivity (Wildman–Crippen MR) is 134 cm³/mol. The van der Waals surface area contributed by atoms with Crippen LogP contribution in [0.5, 0.6) is 0 Å². The van der Waals surface area contributed by atoms with E-state index in [1.165, 1.54) is 11.1 Å². The van der Waals surface area contributed by atoms with Gasteiger partial charge in [-0.1, -0.05) is 10.4 Å². The second kappa shape index (κ2) is 12.9. The molecule has 17 heteroatoms. The fourth-order valence-corrected chi connectivity index (χ4v) is 5.47. The Morgan fingerprint density at radius 2 is 1.81 bits per heavy atom. The third kappa shape index (κ3) is 6.63. The predicted octanol–water partition coefficient (Wildman–Crippen LogP) is 2.76. The lowest BCUT2D eigenvalue weighted by Crippen LogP contribution is -2.57. The Hall–Kier alpha value is -3.67. The summed E-state index contributed by atoms with van der Waals surface area (Å²) >= 11 is 0. The van der Waals surface area contributed by atoms with E-state index < -0.39 is 73.6 Å². The first-order valence-corrected chi connectivity index (χ1v) is 13.4. The largest absolute Gasteiger partial charge is 0.465 e. The second-order valence-electron chi connectivity index (χ2n) is 10.4. The smallest absolute Gasteiger partial charge is 0.407 e. The number of aromatic nitrogens is 4. The van der Waals surface area contributed by atoms with Crippen LogP contribution in [0.2, 0.25) is 0 Å². The topological polar surface area (TPSA) is 156 Å². The third-order valence-electron chi connectivity index (χ3n) is 7.63. The summed E-state index contributed by atoms with van der Waals surface area (Å²) in [6, 6.07) is 1.78. The van der Waals surface area contributed by atoms with Gasteiger partial charge in [0.1, 0.15) is 42.4 Å². The van der Waals surface area contributed by atoms with Gasteiger partial charge in [0.25, 0.3) is 6.43 Å². The minimum absolute atomic E-state index is 0.0545. The molecule has 0 aliphatic carbocycles. The monoisotopic (exact) mass is 617 g/mol. The molecule has 2 aromatic heterocycles. The minimum Gasteiger partial charge on any atom is -0.465 e. The van der Waals surface area contributed by atoms with Crippen LogP contribution in [0.15, 0.2) is 28.9 Å². The van der Waals surface area contributed by atoms with E-state index in [1.807, 2.05) is 0 Å². The molecule has 5 rings (SSSR count). The molecule has 0 spiro atoms. The molecular formula is C26H28F5N5O7. The lowest BCUT2D eigenvalue weighted by molar-refractivity contribution is -0.224. The first-order valence-electron chi connectivity index (χ1n) is 13.4. The molecule has 12 nitrogen and oxygen atoms in total. The number of halogens is 5. The Labute approximate surface area is 240 Å². The molecule has 234 valence electrons. The number of piperidine rings is 1. The van der Waals surface area contributed by atoms with Crippen LogP contribution < -0.4 is 0 Å². The Morgan fingerprint density at radius 1 is 1.12 bits per heavy atom. The first kappa shape index (κ1) is 30.8. The van der Waals surface area contributed by atoms with E-state index in [0.29, 0.717) is 49.5 Å². The number of nitrogens with zero attached hydrogens (tertiary/aromatic N) is 5. The molecule has 0 radical (unpaired) electrons. The molecule has 0 bridgehead atoms. The molecule has 2 aliphatic rings. The summed E-state index contributed by atoms with van der Waals surface area (Å²) in [6.45, 7) is -1.07. The van der Waals surface area contributed by atoms with Crippen LogP contribution in [0.4, 0.5) is 26.7 Å². The van der Waals surface area contributed by atoms with Crippen molar-refractivity contribution in [2.45, 2.75) is 62.1 Å². The highest BCUT2D eigenvalue weighted by Crippen LogP contribution is 2.36. The minimum atomic E-state index is -2.89. The number of likely N-dealkylation sites (tertiary alicyclic amines) is 1. The molecule has 3 aromatic rings. The summed E-state index contributed by atoms with van der Waals surface area (Å²) in [6.07, 6.45) is -6.89. The van der Waals surface area contributed by atoms with Gasteiger partial charge in [0.2, 0.25) is 0 Å². The summed E-state index contributed by atoms with van der Waals surface area (Å²) in [7, 11) is 0. The zero-order valence-corrected chi connectivity index (χ0v) is 22.4. The molecule has 2 fully saturated rings. The average molecular weight is 618 g/mol. The molecule has 4 heterocycles. The Kier molecular flexibility index (Phi) is 9.24. The molecule has 0 saturated carbocycles. The summed E-state index contributed by atoms with van der Waals surface area (Å²) < 4.78 is 85.5. The maximum atomic E-state index is 13.8. The zero-order valence-electron chi connectivity index (χ0n) is 22.4. The van der Waals surface area contributed by atoms with Crippen molar-refractivity contribution in [3.8, 4) is 11.3 Å². The fourth-order valence-electron chi connectivity index (χ4n) is 5.47. The van der Waals surface area contributed by atoms with Gasteiger partial charge in [0.15, 0.2) is 17.5 Å². The number of carbonyl (C=O) groups is 1. The summed E-state index contributed by atoms with van der Waals surface area (Å²) in [4.78, 5) is 12.5. The van der Waals surface area contributed by atoms with E-state index in [4.69, 9.17) is 19.1 Å². The number of carboxylic acid groups (broad SMARTS) is 1. The Balaban J connectivity index is 1.40. The number of rotatable bonds is 9. The molecule has 3 N–H and O–H groups in total. The summed E-state index contributed by atoms with van der Waals surface area (Å²) in [5.74, 6) is -4.19. The average Bonchev–Trinajstić information content (AvgIpc) is 3.66. The van der Waals surface area contributed by atoms with Crippen molar-refractivity contribution < 1.29 is 56.1 Å². The fraction of sp³-hybridized carbons (Fsp3) is 0.538. The van der Waals surface area contributed by atoms with Crippen molar-refractivity contribution in [1.29, 1.82) is 0 Å². The van der Waals surface area contributed by atoms with E-state index in [-0.39, 0.29) is 23.6 Å². The second-order valence-corrected chi connectivity index (χ2v) is 10.4. The lowest BCUT2D eigenvalue weighted by Gasteiger charge is -2.44. The number of amides is 1. The molecule has 2 saturated heterocycles. The molecule has 43 heavy (non-hydrogen) atoms. The van der Waals surface area contributed by atoms with Gasteiger partial charge in [0, 0.05) is 37.1 Å². The van der Waals surface area contributed by atoms with Crippen molar-refractivity contribution in [2.75, 3.05) is 26.3 Å². The standard InChI is InChI=1S/C26H28F5N5O7/c27-15-5-13(6-16(28)22(15)31)17-9-36(34-32-17)23-24(38)20(10-37)42-19(25(23)41-11-21(29)30)8-14-7-18(43-33-14)12-1-3-35(4-2-12)26(39)40/h5-7,9,12,19-21,23-25,37-38H,1-4,8,10-11H2,(H,39,40)/t19-,20-,23+,24+,25+/m1/s1. The maximum absolute atomic E-state index is 13.8. The molecule has 1 amide bonds. The van der Waals surface area contributed by atoms with Crippen LogP contribution in [0.1, 0.15) is 36.3 Å². The van der Waals surface area contributed by atoms with Gasteiger partial charge >= 0.3 is 6.09 Å². The van der Waals surface area contributed by atoms with E-state index in [1.54, 1.807) is 6.07 Å². The number of benzene rings is 1. The van der Waals surface area contributed by atoms with E-state index >= 15 is 0 Å². The van der Waals surface area contributed by atoms with Gasteiger partial charge in [0.05, 0.1) is 24.6 Å². The van der Waals surface area contributed by atoms with E-state index in [0.717, 1.165) is 4.68 Å². The van der Waals surface area contributed by atoms with Crippen molar-refractivity contribution >= 4 is 6.09 Å². The normalized spacial score (nSPS) is 25.0. The van der Waals surface area contributed by atoms with Gasteiger partial charge in [-0.25, -0.2) is 31.4 Å². The SMILES string of the molecule is O=C(O)N1CCC(c2cc(C[C@H]3O[C@H](CO)[C@H](O)[C@H](n4cc(-c5cc(F)c(F)c(F)c5)nn4)[C@H]3OCC(F)F)no2)CC1. The Bertz CT molecular complexity index is 1390. The van der Waals surface area contributed by atoms with Crippen LogP contribution in [-0.2, 0) is 15.9 Å². The third-order valence-corrected chi connectivity index (χ3v) is 7.63. The molecular weight excluding hydrogens is 589 g/mol.